The predicted octanol–water partition coefficient (Wildman–Crippen LogP) is 3.68. The molecule has 1 aromatic carbocycles. The molecule has 1 N–H and O–H groups in total. The number of halogens is 1. The average Bonchev–Trinajstić information content (AvgIpc) is 3.12. The number of hydrogen-bond acceptors (Lipinski definition) is 5. The summed E-state index contributed by atoms with van der Waals surface area (Å²) >= 11 is 3.38. The molecule has 28 heavy (non-hydrogen) atoms. The Morgan fingerprint density at radius 3 is 2.50 bits per heavy atom. The number of aliphatic hydroxyl groups is 1. The Morgan fingerprint density at radius 1 is 1.21 bits per heavy atom. The standard InChI is InChI=1S/C21H17BrN2O4/c1-12(25)11-24-20(26)17(13(2)18(10-23)21(24)27)9-16-7-8-19(28-16)14-3-5-15(22)6-4-14/h3-9,12,25H,11H2,1-2H3/b17-9-/t12-/m1/s1. The first-order valence-electron chi connectivity index (χ1n) is 8.55. The minimum atomic E-state index is -0.903. The molecular weight excluding hydrogens is 424 g/mol. The summed E-state index contributed by atoms with van der Waals surface area (Å²) in [7, 11) is 0. The minimum Gasteiger partial charge on any atom is -0.457 e. The summed E-state index contributed by atoms with van der Waals surface area (Å²) in [5, 5.41) is 18.9. The van der Waals surface area contributed by atoms with Crippen LogP contribution in [0.5, 0.6) is 0 Å². The molecule has 7 heteroatoms. The van der Waals surface area contributed by atoms with Crippen LogP contribution in [-0.4, -0.2) is 34.5 Å². The maximum absolute atomic E-state index is 12.8. The van der Waals surface area contributed by atoms with Crippen LogP contribution in [0.3, 0.4) is 0 Å². The summed E-state index contributed by atoms with van der Waals surface area (Å²) in [6, 6.07) is 12.9. The Kier molecular flexibility index (Phi) is 5.63. The number of β-amino-alcohol motifs (C(OH)–C–C–N with tert-alkyl or cyclic N) is 1. The zero-order valence-corrected chi connectivity index (χ0v) is 16.9. The molecule has 0 unspecified atom stereocenters. The van der Waals surface area contributed by atoms with Crippen LogP contribution < -0.4 is 0 Å². The molecule has 142 valence electrons. The summed E-state index contributed by atoms with van der Waals surface area (Å²) in [4.78, 5) is 26.1. The number of nitriles is 1. The maximum atomic E-state index is 12.8. The van der Waals surface area contributed by atoms with Crippen LogP contribution in [-0.2, 0) is 9.59 Å². The second kappa shape index (κ2) is 7.97. The Bertz CT molecular complexity index is 1040. The van der Waals surface area contributed by atoms with Gasteiger partial charge in [0.15, 0.2) is 0 Å². The van der Waals surface area contributed by atoms with E-state index in [2.05, 4.69) is 15.9 Å². The summed E-state index contributed by atoms with van der Waals surface area (Å²) in [6.45, 7) is 2.84. The summed E-state index contributed by atoms with van der Waals surface area (Å²) < 4.78 is 6.77. The molecule has 1 atom stereocenters. The first-order valence-corrected chi connectivity index (χ1v) is 9.34. The highest BCUT2D eigenvalue weighted by atomic mass is 79.9. The van der Waals surface area contributed by atoms with Gasteiger partial charge < -0.3 is 9.52 Å². The fourth-order valence-electron chi connectivity index (χ4n) is 2.90. The van der Waals surface area contributed by atoms with Crippen molar-refractivity contribution in [1.29, 1.82) is 5.26 Å². The van der Waals surface area contributed by atoms with Gasteiger partial charge in [0.1, 0.15) is 23.2 Å². The number of carbonyl (C=O) groups excluding carboxylic acids is 2. The number of benzene rings is 1. The van der Waals surface area contributed by atoms with Crippen LogP contribution in [0.4, 0.5) is 0 Å². The fourth-order valence-corrected chi connectivity index (χ4v) is 3.17. The SMILES string of the molecule is CC1=C(C#N)C(=O)N(C[C@@H](C)O)C(=O)/C1=C\c1ccc(-c2ccc(Br)cc2)o1. The second-order valence-electron chi connectivity index (χ2n) is 6.45. The third-order valence-corrected chi connectivity index (χ3v) is 4.84. The second-order valence-corrected chi connectivity index (χ2v) is 7.36. The molecule has 2 aromatic rings. The van der Waals surface area contributed by atoms with Crippen LogP contribution in [0.2, 0.25) is 0 Å². The van der Waals surface area contributed by atoms with Crippen LogP contribution in [0.15, 0.2) is 62.0 Å². The van der Waals surface area contributed by atoms with Crippen molar-refractivity contribution in [1.82, 2.24) is 4.90 Å². The average molecular weight is 441 g/mol. The predicted molar refractivity (Wildman–Crippen MR) is 107 cm³/mol. The van der Waals surface area contributed by atoms with Gasteiger partial charge in [0.25, 0.3) is 11.8 Å². The molecule has 0 aliphatic carbocycles. The third kappa shape index (κ3) is 3.84. The van der Waals surface area contributed by atoms with Crippen molar-refractivity contribution in [3.05, 3.63) is 63.4 Å². The van der Waals surface area contributed by atoms with Crippen molar-refractivity contribution in [2.75, 3.05) is 6.54 Å². The Morgan fingerprint density at radius 2 is 1.89 bits per heavy atom. The monoisotopic (exact) mass is 440 g/mol. The van der Waals surface area contributed by atoms with Crippen molar-refractivity contribution in [3.8, 4) is 17.4 Å². The van der Waals surface area contributed by atoms with Gasteiger partial charge in [0.05, 0.1) is 12.6 Å². The number of imide groups is 1. The molecule has 0 saturated carbocycles. The lowest BCUT2D eigenvalue weighted by Crippen LogP contribution is -2.45. The van der Waals surface area contributed by atoms with E-state index in [9.17, 15) is 20.0 Å². The highest BCUT2D eigenvalue weighted by Gasteiger charge is 2.36. The first kappa shape index (κ1) is 19.8. The molecule has 0 fully saturated rings. The lowest BCUT2D eigenvalue weighted by molar-refractivity contribution is -0.141. The highest BCUT2D eigenvalue weighted by molar-refractivity contribution is 9.10. The molecule has 2 amide bonds. The van der Waals surface area contributed by atoms with Crippen LogP contribution in [0.25, 0.3) is 17.4 Å². The van der Waals surface area contributed by atoms with E-state index >= 15 is 0 Å². The molecule has 1 aliphatic rings. The lowest BCUT2D eigenvalue weighted by Gasteiger charge is -2.28. The largest absolute Gasteiger partial charge is 0.457 e. The number of carbonyl (C=O) groups is 2. The van der Waals surface area contributed by atoms with Gasteiger partial charge in [-0.25, -0.2) is 0 Å². The first-order chi connectivity index (χ1) is 13.3. The lowest BCUT2D eigenvalue weighted by atomic mass is 9.94. The van der Waals surface area contributed by atoms with Gasteiger partial charge in [0.2, 0.25) is 0 Å². The van der Waals surface area contributed by atoms with E-state index in [0.717, 1.165) is 14.9 Å². The number of furan rings is 1. The molecule has 0 saturated heterocycles. The Balaban J connectivity index is 2.01. The Labute approximate surface area is 170 Å². The van der Waals surface area contributed by atoms with E-state index in [1.165, 1.54) is 13.0 Å². The molecule has 6 nitrogen and oxygen atoms in total. The molecule has 1 aliphatic heterocycles. The smallest absolute Gasteiger partial charge is 0.271 e. The summed E-state index contributed by atoms with van der Waals surface area (Å²) in [5.41, 5.74) is 1.24. The number of aliphatic hydroxyl groups excluding tert-OH is 1. The van der Waals surface area contributed by atoms with Gasteiger partial charge >= 0.3 is 0 Å². The van der Waals surface area contributed by atoms with Crippen molar-refractivity contribution < 1.29 is 19.1 Å². The molecule has 1 aromatic heterocycles. The molecule has 0 spiro atoms. The normalized spacial score (nSPS) is 17.2. The summed E-state index contributed by atoms with van der Waals surface area (Å²) in [5.74, 6) is -0.215. The third-order valence-electron chi connectivity index (χ3n) is 4.31. The van der Waals surface area contributed by atoms with Crippen LogP contribution >= 0.6 is 15.9 Å². The van der Waals surface area contributed by atoms with Gasteiger partial charge in [0, 0.05) is 15.6 Å². The van der Waals surface area contributed by atoms with Crippen molar-refractivity contribution in [3.63, 3.8) is 0 Å². The quantitative estimate of drug-likeness (QED) is 0.577. The van der Waals surface area contributed by atoms with Gasteiger partial charge in [-0.3, -0.25) is 14.5 Å². The number of hydrogen-bond donors (Lipinski definition) is 1. The van der Waals surface area contributed by atoms with E-state index in [1.54, 1.807) is 19.1 Å². The van der Waals surface area contributed by atoms with Gasteiger partial charge in [-0.05, 0) is 49.8 Å². The molecular formula is C21H17BrN2O4. The van der Waals surface area contributed by atoms with Gasteiger partial charge in [-0.15, -0.1) is 0 Å². The highest BCUT2D eigenvalue weighted by Crippen LogP contribution is 2.29. The minimum absolute atomic E-state index is 0.119. The topological polar surface area (TPSA) is 94.5 Å². The molecule has 3 rings (SSSR count). The summed E-state index contributed by atoms with van der Waals surface area (Å²) in [6.07, 6.45) is 0.610. The molecule has 0 bridgehead atoms. The van der Waals surface area contributed by atoms with E-state index in [1.807, 2.05) is 30.3 Å². The fraction of sp³-hybridized carbons (Fsp3) is 0.190. The Hall–Kier alpha value is -2.95. The van der Waals surface area contributed by atoms with E-state index < -0.39 is 17.9 Å². The zero-order valence-electron chi connectivity index (χ0n) is 15.3. The van der Waals surface area contributed by atoms with E-state index in [4.69, 9.17) is 4.42 Å². The van der Waals surface area contributed by atoms with Crippen molar-refractivity contribution in [2.45, 2.75) is 20.0 Å². The number of rotatable bonds is 4. The van der Waals surface area contributed by atoms with E-state index in [-0.39, 0.29) is 17.7 Å². The number of amides is 2. The van der Waals surface area contributed by atoms with E-state index in [0.29, 0.717) is 17.1 Å². The van der Waals surface area contributed by atoms with Crippen LogP contribution in [0, 0.1) is 11.3 Å². The number of nitrogens with zero attached hydrogens (tertiary/aromatic N) is 2. The van der Waals surface area contributed by atoms with Gasteiger partial charge in [-0.1, -0.05) is 28.1 Å². The maximum Gasteiger partial charge on any atom is 0.271 e. The molecule has 2 heterocycles. The molecule has 0 radical (unpaired) electrons. The van der Waals surface area contributed by atoms with Crippen molar-refractivity contribution in [2.24, 2.45) is 0 Å². The zero-order chi connectivity index (χ0) is 20.4. The van der Waals surface area contributed by atoms with Gasteiger partial charge in [-0.2, -0.15) is 5.26 Å². The van der Waals surface area contributed by atoms with Crippen molar-refractivity contribution >= 4 is 33.8 Å². The van der Waals surface area contributed by atoms with Crippen LogP contribution in [0.1, 0.15) is 19.6 Å².